The molecule has 0 saturated heterocycles. The van der Waals surface area contributed by atoms with Crippen molar-refractivity contribution in [1.29, 1.82) is 5.26 Å². The number of aromatic hydroxyl groups is 1. The Morgan fingerprint density at radius 1 is 1.38 bits per heavy atom. The molecule has 0 aliphatic carbocycles. The molecule has 1 aromatic heterocycles. The monoisotopic (exact) mass is 189 g/mol. The number of fused-ring (bicyclic) bond motifs is 1. The molecule has 1 N–H and O–H groups in total. The van der Waals surface area contributed by atoms with Crippen LogP contribution in [0.4, 0.5) is 0 Å². The zero-order valence-corrected chi connectivity index (χ0v) is 7.85. The van der Waals surface area contributed by atoms with E-state index in [1.165, 1.54) is 11.3 Å². The summed E-state index contributed by atoms with van der Waals surface area (Å²) in [6.07, 6.45) is 0. The highest BCUT2D eigenvalue weighted by Gasteiger charge is 2.04. The minimum absolute atomic E-state index is 0.299. The normalized spacial score (nSPS) is 10.2. The third-order valence-corrected chi connectivity index (χ3v) is 2.85. The molecule has 2 rings (SSSR count). The third-order valence-electron chi connectivity index (χ3n) is 1.96. The molecule has 0 fully saturated rings. The number of thiophene rings is 1. The maximum Gasteiger partial charge on any atom is 0.172 e. The van der Waals surface area contributed by atoms with E-state index in [-0.39, 0.29) is 0 Å². The standard InChI is InChI=1S/C10H7NOS/c1-6-2-7(5-11)3-9-8(6)4-10(12)13-9/h2-4,12H,1H3. The molecule has 0 radical (unpaired) electrons. The van der Waals surface area contributed by atoms with E-state index in [0.717, 1.165) is 15.6 Å². The maximum absolute atomic E-state index is 9.28. The van der Waals surface area contributed by atoms with Gasteiger partial charge in [0.05, 0.1) is 11.6 Å². The van der Waals surface area contributed by atoms with Crippen LogP contribution >= 0.6 is 11.3 Å². The maximum atomic E-state index is 9.28. The molecule has 2 aromatic rings. The molecule has 0 spiro atoms. The second-order valence-electron chi connectivity index (χ2n) is 2.90. The second-order valence-corrected chi connectivity index (χ2v) is 3.96. The Labute approximate surface area is 79.7 Å². The minimum atomic E-state index is 0.299. The first-order valence-electron chi connectivity index (χ1n) is 3.84. The topological polar surface area (TPSA) is 44.0 Å². The van der Waals surface area contributed by atoms with Crippen LogP contribution in [0.2, 0.25) is 0 Å². The van der Waals surface area contributed by atoms with E-state index in [9.17, 15) is 5.11 Å². The summed E-state index contributed by atoms with van der Waals surface area (Å²) < 4.78 is 0.967. The van der Waals surface area contributed by atoms with Crippen molar-refractivity contribution in [2.75, 3.05) is 0 Å². The summed E-state index contributed by atoms with van der Waals surface area (Å²) in [7, 11) is 0. The smallest absolute Gasteiger partial charge is 0.172 e. The third kappa shape index (κ3) is 1.25. The van der Waals surface area contributed by atoms with Crippen LogP contribution in [-0.4, -0.2) is 5.11 Å². The molecule has 0 unspecified atom stereocenters. The Morgan fingerprint density at radius 2 is 2.15 bits per heavy atom. The van der Waals surface area contributed by atoms with Crippen molar-refractivity contribution < 1.29 is 5.11 Å². The van der Waals surface area contributed by atoms with Crippen molar-refractivity contribution in [2.45, 2.75) is 6.92 Å². The first-order valence-corrected chi connectivity index (χ1v) is 4.65. The molecule has 1 heterocycles. The SMILES string of the molecule is Cc1cc(C#N)cc2sc(O)cc12. The minimum Gasteiger partial charge on any atom is -0.499 e. The van der Waals surface area contributed by atoms with E-state index in [4.69, 9.17) is 5.26 Å². The van der Waals surface area contributed by atoms with Crippen molar-refractivity contribution >= 4 is 21.4 Å². The van der Waals surface area contributed by atoms with Crippen LogP contribution < -0.4 is 0 Å². The van der Waals surface area contributed by atoms with Gasteiger partial charge in [-0.2, -0.15) is 5.26 Å². The summed E-state index contributed by atoms with van der Waals surface area (Å²) in [5.41, 5.74) is 1.68. The van der Waals surface area contributed by atoms with Crippen LogP contribution in [0.25, 0.3) is 10.1 Å². The number of hydrogen-bond donors (Lipinski definition) is 1. The molecular weight excluding hydrogens is 182 g/mol. The zero-order valence-electron chi connectivity index (χ0n) is 7.03. The van der Waals surface area contributed by atoms with Gasteiger partial charge in [0, 0.05) is 4.70 Å². The lowest BCUT2D eigenvalue weighted by molar-refractivity contribution is 0.491. The summed E-state index contributed by atoms with van der Waals surface area (Å²) in [5.74, 6) is 0. The van der Waals surface area contributed by atoms with Gasteiger partial charge in [-0.3, -0.25) is 0 Å². The van der Waals surface area contributed by atoms with Gasteiger partial charge in [-0.25, -0.2) is 0 Å². The molecular formula is C10H7NOS. The fraction of sp³-hybridized carbons (Fsp3) is 0.100. The number of benzene rings is 1. The van der Waals surface area contributed by atoms with Crippen LogP contribution in [0, 0.1) is 18.3 Å². The number of hydrogen-bond acceptors (Lipinski definition) is 3. The fourth-order valence-electron chi connectivity index (χ4n) is 1.37. The lowest BCUT2D eigenvalue weighted by atomic mass is 10.1. The van der Waals surface area contributed by atoms with Crippen LogP contribution in [-0.2, 0) is 0 Å². The van der Waals surface area contributed by atoms with Gasteiger partial charge in [-0.1, -0.05) is 11.3 Å². The summed E-state index contributed by atoms with van der Waals surface area (Å²) in [5, 5.41) is 19.3. The van der Waals surface area contributed by atoms with E-state index >= 15 is 0 Å². The molecule has 0 bridgehead atoms. The molecule has 64 valence electrons. The number of nitriles is 1. The molecule has 0 aliphatic rings. The Kier molecular flexibility index (Phi) is 1.71. The molecule has 0 aliphatic heterocycles. The molecule has 1 aromatic carbocycles. The Balaban J connectivity index is 2.85. The van der Waals surface area contributed by atoms with E-state index in [2.05, 4.69) is 6.07 Å². The largest absolute Gasteiger partial charge is 0.499 e. The lowest BCUT2D eigenvalue weighted by Gasteiger charge is -1.95. The molecule has 0 atom stereocenters. The van der Waals surface area contributed by atoms with Crippen molar-refractivity contribution in [3.8, 4) is 11.1 Å². The Morgan fingerprint density at radius 3 is 2.85 bits per heavy atom. The van der Waals surface area contributed by atoms with Crippen LogP contribution in [0.3, 0.4) is 0 Å². The van der Waals surface area contributed by atoms with Crippen molar-refractivity contribution in [3.63, 3.8) is 0 Å². The van der Waals surface area contributed by atoms with E-state index in [0.29, 0.717) is 10.6 Å². The van der Waals surface area contributed by atoms with Crippen molar-refractivity contribution in [2.24, 2.45) is 0 Å². The highest BCUT2D eigenvalue weighted by molar-refractivity contribution is 7.20. The molecule has 3 heteroatoms. The first-order chi connectivity index (χ1) is 6.20. The Hall–Kier alpha value is -1.53. The summed E-state index contributed by atoms with van der Waals surface area (Å²) in [4.78, 5) is 0. The molecule has 0 amide bonds. The zero-order chi connectivity index (χ0) is 9.42. The Bertz CT molecular complexity index is 507. The average molecular weight is 189 g/mol. The predicted molar refractivity (Wildman–Crippen MR) is 52.9 cm³/mol. The summed E-state index contributed by atoms with van der Waals surface area (Å²) >= 11 is 1.30. The highest BCUT2D eigenvalue weighted by atomic mass is 32.1. The highest BCUT2D eigenvalue weighted by Crippen LogP contribution is 2.33. The summed E-state index contributed by atoms with van der Waals surface area (Å²) in [6.45, 7) is 1.94. The molecule has 2 nitrogen and oxygen atoms in total. The number of nitrogens with zero attached hydrogens (tertiary/aromatic N) is 1. The second kappa shape index (κ2) is 2.75. The van der Waals surface area contributed by atoms with Gasteiger partial charge in [-0.15, -0.1) is 0 Å². The number of rotatable bonds is 0. The lowest BCUT2D eigenvalue weighted by Crippen LogP contribution is -1.77. The van der Waals surface area contributed by atoms with Gasteiger partial charge in [0.15, 0.2) is 5.06 Å². The van der Waals surface area contributed by atoms with Gasteiger partial charge in [0.2, 0.25) is 0 Å². The molecule has 0 saturated carbocycles. The average Bonchev–Trinajstić information content (AvgIpc) is 2.46. The van der Waals surface area contributed by atoms with Crippen molar-refractivity contribution in [1.82, 2.24) is 0 Å². The molecule has 13 heavy (non-hydrogen) atoms. The summed E-state index contributed by atoms with van der Waals surface area (Å²) in [6, 6.07) is 7.45. The number of aryl methyl sites for hydroxylation is 1. The van der Waals surface area contributed by atoms with Gasteiger partial charge in [0.25, 0.3) is 0 Å². The first kappa shape index (κ1) is 8.09. The van der Waals surface area contributed by atoms with E-state index < -0.39 is 0 Å². The quantitative estimate of drug-likeness (QED) is 0.692. The van der Waals surface area contributed by atoms with E-state index in [1.807, 2.05) is 13.0 Å². The fourth-order valence-corrected chi connectivity index (χ4v) is 2.28. The van der Waals surface area contributed by atoms with Gasteiger partial charge >= 0.3 is 0 Å². The predicted octanol–water partition coefficient (Wildman–Crippen LogP) is 2.79. The van der Waals surface area contributed by atoms with Gasteiger partial charge < -0.3 is 5.11 Å². The van der Waals surface area contributed by atoms with Gasteiger partial charge in [-0.05, 0) is 36.1 Å². The van der Waals surface area contributed by atoms with E-state index in [1.54, 1.807) is 12.1 Å². The van der Waals surface area contributed by atoms with Crippen LogP contribution in [0.1, 0.15) is 11.1 Å². The van der Waals surface area contributed by atoms with Crippen LogP contribution in [0.15, 0.2) is 18.2 Å². The van der Waals surface area contributed by atoms with Gasteiger partial charge in [0.1, 0.15) is 0 Å². The van der Waals surface area contributed by atoms with Crippen LogP contribution in [0.5, 0.6) is 5.06 Å². The van der Waals surface area contributed by atoms with Crippen molar-refractivity contribution in [3.05, 3.63) is 29.3 Å².